The molecule has 11 nitrogen and oxygen atoms in total. The van der Waals surface area contributed by atoms with Gasteiger partial charge in [-0.05, 0) is 13.8 Å². The van der Waals surface area contributed by atoms with Gasteiger partial charge in [0.2, 0.25) is 0 Å². The Balaban J connectivity index is 1.74. The monoisotopic (exact) mass is 412 g/mol. The Morgan fingerprint density at radius 2 is 2.10 bits per heavy atom. The molecule has 156 valence electrons. The molecule has 11 heteroatoms. The van der Waals surface area contributed by atoms with Gasteiger partial charge in [-0.25, -0.2) is 9.69 Å². The average Bonchev–Trinajstić information content (AvgIpc) is 3.18. The fourth-order valence-corrected chi connectivity index (χ4v) is 3.14. The molecule has 2 heterocycles. The lowest BCUT2D eigenvalue weighted by molar-refractivity contribution is -0.385. The van der Waals surface area contributed by atoms with Gasteiger partial charge in [-0.3, -0.25) is 14.9 Å². The first-order valence-corrected chi connectivity index (χ1v) is 9.03. The summed E-state index contributed by atoms with van der Waals surface area (Å²) >= 11 is 0. The van der Waals surface area contributed by atoms with Gasteiger partial charge in [0.1, 0.15) is 12.3 Å². The fraction of sp³-hybridized carbons (Fsp3) is 0.263. The van der Waals surface area contributed by atoms with Gasteiger partial charge in [0.25, 0.3) is 11.6 Å². The molecule has 0 radical (unpaired) electrons. The van der Waals surface area contributed by atoms with Crippen LogP contribution in [0.4, 0.5) is 10.5 Å². The lowest BCUT2D eigenvalue weighted by Gasteiger charge is -2.17. The number of amides is 3. The third kappa shape index (κ3) is 4.04. The second-order valence-electron chi connectivity index (χ2n) is 6.65. The first-order valence-electron chi connectivity index (χ1n) is 9.03. The molecule has 2 aromatic rings. The van der Waals surface area contributed by atoms with E-state index in [-0.39, 0.29) is 24.5 Å². The number of carbonyl (C=O) groups excluding carboxylic acids is 2. The average molecular weight is 412 g/mol. The van der Waals surface area contributed by atoms with Gasteiger partial charge in [-0.15, -0.1) is 0 Å². The Kier molecular flexibility index (Phi) is 5.90. The van der Waals surface area contributed by atoms with Crippen LogP contribution in [0.25, 0.3) is 0 Å². The molecule has 0 saturated carbocycles. The number of benzene rings is 1. The third-order valence-electron chi connectivity index (χ3n) is 4.70. The molecule has 0 aliphatic carbocycles. The number of allylic oxidation sites excluding steroid dienone is 1. The van der Waals surface area contributed by atoms with Gasteiger partial charge >= 0.3 is 6.03 Å². The lowest BCUT2D eigenvalue weighted by Crippen LogP contribution is -2.33. The second kappa shape index (κ2) is 8.55. The van der Waals surface area contributed by atoms with Crippen molar-refractivity contribution in [2.24, 2.45) is 0 Å². The highest BCUT2D eigenvalue weighted by molar-refractivity contribution is 6.07. The highest BCUT2D eigenvalue weighted by atomic mass is 16.6. The van der Waals surface area contributed by atoms with E-state index in [1.807, 2.05) is 0 Å². The van der Waals surface area contributed by atoms with Gasteiger partial charge in [-0.1, -0.05) is 23.4 Å². The molecule has 0 atom stereocenters. The van der Waals surface area contributed by atoms with Gasteiger partial charge in [0, 0.05) is 36.2 Å². The summed E-state index contributed by atoms with van der Waals surface area (Å²) in [4.78, 5) is 37.9. The van der Waals surface area contributed by atoms with Crippen molar-refractivity contribution in [3.63, 3.8) is 0 Å². The van der Waals surface area contributed by atoms with Crippen LogP contribution in [0.2, 0.25) is 0 Å². The maximum Gasteiger partial charge on any atom is 0.332 e. The van der Waals surface area contributed by atoms with Crippen molar-refractivity contribution in [1.29, 1.82) is 5.41 Å². The summed E-state index contributed by atoms with van der Waals surface area (Å²) < 4.78 is 5.08. The number of urea groups is 1. The maximum atomic E-state index is 12.8. The summed E-state index contributed by atoms with van der Waals surface area (Å²) in [5.74, 6) is 0.126. The molecule has 1 saturated heterocycles. The number of hydrogen-bond acceptors (Lipinski definition) is 8. The normalized spacial score (nSPS) is 14.4. The predicted molar refractivity (Wildman–Crippen MR) is 105 cm³/mol. The van der Waals surface area contributed by atoms with E-state index >= 15 is 0 Å². The number of nitro groups is 1. The first kappa shape index (κ1) is 20.7. The van der Waals surface area contributed by atoms with Crippen LogP contribution in [0.1, 0.15) is 22.6 Å². The van der Waals surface area contributed by atoms with Crippen LogP contribution < -0.4 is 5.32 Å². The van der Waals surface area contributed by atoms with Crippen LogP contribution in [0.3, 0.4) is 0 Å². The van der Waals surface area contributed by atoms with Crippen LogP contribution in [0.5, 0.6) is 0 Å². The van der Waals surface area contributed by atoms with Crippen LogP contribution in [0.15, 0.2) is 40.7 Å². The van der Waals surface area contributed by atoms with Crippen molar-refractivity contribution >= 4 is 23.8 Å². The molecular weight excluding hydrogens is 392 g/mol. The minimum absolute atomic E-state index is 0.0572. The quantitative estimate of drug-likeness (QED) is 0.293. The maximum absolute atomic E-state index is 12.8. The summed E-state index contributed by atoms with van der Waals surface area (Å²) in [6.45, 7) is 3.58. The number of aromatic nitrogens is 1. The van der Waals surface area contributed by atoms with Gasteiger partial charge < -0.3 is 20.1 Å². The molecule has 1 fully saturated rings. The van der Waals surface area contributed by atoms with E-state index in [1.54, 1.807) is 19.9 Å². The number of hydrogen-bond donors (Lipinski definition) is 2. The Bertz CT molecular complexity index is 1020. The lowest BCUT2D eigenvalue weighted by atomic mass is 10.1. The van der Waals surface area contributed by atoms with E-state index in [0.29, 0.717) is 23.6 Å². The van der Waals surface area contributed by atoms with Crippen molar-refractivity contribution in [2.75, 3.05) is 6.54 Å². The first-order chi connectivity index (χ1) is 14.3. The smallest absolute Gasteiger partial charge is 0.332 e. The number of imide groups is 1. The van der Waals surface area contributed by atoms with E-state index in [1.165, 1.54) is 29.3 Å². The summed E-state index contributed by atoms with van der Waals surface area (Å²) in [7, 11) is 0. The largest absolute Gasteiger partial charge is 0.385 e. The summed E-state index contributed by atoms with van der Waals surface area (Å²) in [6, 6.07) is 5.40. The molecule has 1 aliphatic rings. The molecule has 0 spiro atoms. The molecule has 0 bridgehead atoms. The van der Waals surface area contributed by atoms with Crippen molar-refractivity contribution in [2.45, 2.75) is 26.9 Å². The Morgan fingerprint density at radius 3 is 2.73 bits per heavy atom. The number of para-hydroxylation sites is 1. The fourth-order valence-electron chi connectivity index (χ4n) is 3.14. The number of carbonyl (C=O) groups is 2. The van der Waals surface area contributed by atoms with Gasteiger partial charge in [0.05, 0.1) is 22.9 Å². The minimum Gasteiger partial charge on any atom is -0.385 e. The van der Waals surface area contributed by atoms with Crippen molar-refractivity contribution in [3.05, 3.63) is 68.9 Å². The number of rotatable bonds is 8. The summed E-state index contributed by atoms with van der Waals surface area (Å²) in [5.41, 5.74) is 1.81. The molecule has 3 rings (SSSR count). The van der Waals surface area contributed by atoms with Crippen LogP contribution >= 0.6 is 0 Å². The van der Waals surface area contributed by atoms with Crippen LogP contribution in [-0.2, 0) is 17.9 Å². The molecule has 1 aromatic carbocycles. The summed E-state index contributed by atoms with van der Waals surface area (Å²) in [6.07, 6.45) is 2.29. The zero-order chi connectivity index (χ0) is 21.8. The minimum atomic E-state index is -0.646. The van der Waals surface area contributed by atoms with E-state index < -0.39 is 16.9 Å². The second-order valence-corrected chi connectivity index (χ2v) is 6.65. The zero-order valence-electron chi connectivity index (χ0n) is 16.4. The van der Waals surface area contributed by atoms with Crippen molar-refractivity contribution in [3.8, 4) is 0 Å². The van der Waals surface area contributed by atoms with E-state index in [0.717, 1.165) is 16.7 Å². The number of aryl methyl sites for hydroxylation is 2. The summed E-state index contributed by atoms with van der Waals surface area (Å²) in [5, 5.41) is 25.6. The van der Waals surface area contributed by atoms with E-state index in [2.05, 4.69) is 10.5 Å². The Hall–Kier alpha value is -4.02. The zero-order valence-corrected chi connectivity index (χ0v) is 16.4. The highest BCUT2D eigenvalue weighted by Crippen LogP contribution is 2.23. The molecule has 1 aliphatic heterocycles. The molecular formula is C19H20N6O5. The Morgan fingerprint density at radius 1 is 1.37 bits per heavy atom. The molecule has 1 aromatic heterocycles. The predicted octanol–water partition coefficient (Wildman–Crippen LogP) is 2.24. The standard InChI is InChI=1S/C19H20N6O5/c1-12-16(13(2)30-22-12)9-21-8-15(7-20)24-18(26)11-23(19(24)27)10-14-5-3-4-6-17(14)25(28)29/h3-8,20-21H,9-11H2,1-2H3/b15-8+,20-7?. The molecule has 30 heavy (non-hydrogen) atoms. The van der Waals surface area contributed by atoms with Gasteiger partial charge in [-0.2, -0.15) is 0 Å². The highest BCUT2D eigenvalue weighted by Gasteiger charge is 2.38. The number of nitrogens with one attached hydrogen (secondary N) is 2. The molecule has 2 N–H and O–H groups in total. The van der Waals surface area contributed by atoms with Crippen molar-refractivity contribution < 1.29 is 19.0 Å². The van der Waals surface area contributed by atoms with E-state index in [9.17, 15) is 19.7 Å². The Labute approximate surface area is 171 Å². The topological polar surface area (TPSA) is 146 Å². The molecule has 3 amide bonds. The van der Waals surface area contributed by atoms with Gasteiger partial charge in [0.15, 0.2) is 0 Å². The number of nitro benzene ring substituents is 1. The van der Waals surface area contributed by atoms with Crippen LogP contribution in [0, 0.1) is 29.4 Å². The SMILES string of the molecule is Cc1noc(C)c1CN/C=C(\C=N)N1C(=O)CN(Cc2ccccc2[N+](=O)[O-])C1=O. The number of nitrogens with zero attached hydrogens (tertiary/aromatic N) is 4. The third-order valence-corrected chi connectivity index (χ3v) is 4.70. The molecule has 0 unspecified atom stereocenters. The van der Waals surface area contributed by atoms with E-state index in [4.69, 9.17) is 9.93 Å². The van der Waals surface area contributed by atoms with Crippen LogP contribution in [-0.4, -0.2) is 44.6 Å². The van der Waals surface area contributed by atoms with Crippen molar-refractivity contribution in [1.82, 2.24) is 20.3 Å².